The molecule has 0 saturated carbocycles. The molecule has 3 heterocycles. The van der Waals surface area contributed by atoms with Gasteiger partial charge in [-0.1, -0.05) is 6.07 Å². The first-order valence-electron chi connectivity index (χ1n) is 6.90. The summed E-state index contributed by atoms with van der Waals surface area (Å²) in [6.07, 6.45) is 0. The minimum atomic E-state index is -0.578. The van der Waals surface area contributed by atoms with Crippen LogP contribution in [0.1, 0.15) is 13.8 Å². The van der Waals surface area contributed by atoms with Crippen molar-refractivity contribution in [3.8, 4) is 10.6 Å². The second kappa shape index (κ2) is 5.38. The standard InChI is InChI=1S/C14H14N4O3S/c1-3-17-11-9(12(19)18(4-2)14(17)21)10(15-13(20)16-11)8-6-5-7-22-8/h5-7H,3-4H2,1-2H3,(H,15,16,20). The molecular weight excluding hydrogens is 304 g/mol. The third-order valence-electron chi connectivity index (χ3n) is 3.49. The first kappa shape index (κ1) is 14.5. The number of aromatic nitrogens is 4. The molecule has 0 radical (unpaired) electrons. The Kier molecular flexibility index (Phi) is 3.53. The summed E-state index contributed by atoms with van der Waals surface area (Å²) < 4.78 is 2.51. The summed E-state index contributed by atoms with van der Waals surface area (Å²) in [5, 5.41) is 2.12. The van der Waals surface area contributed by atoms with Crippen molar-refractivity contribution in [3.05, 3.63) is 48.8 Å². The van der Waals surface area contributed by atoms with Gasteiger partial charge in [-0.05, 0) is 25.3 Å². The molecule has 0 unspecified atom stereocenters. The molecule has 0 aliphatic heterocycles. The number of aromatic amines is 1. The fourth-order valence-corrected chi connectivity index (χ4v) is 3.22. The maximum Gasteiger partial charge on any atom is 0.347 e. The summed E-state index contributed by atoms with van der Waals surface area (Å²) in [6, 6.07) is 3.64. The van der Waals surface area contributed by atoms with Crippen LogP contribution in [0.3, 0.4) is 0 Å². The molecule has 0 bridgehead atoms. The quantitative estimate of drug-likeness (QED) is 0.780. The molecule has 8 heteroatoms. The monoisotopic (exact) mass is 318 g/mol. The van der Waals surface area contributed by atoms with E-state index in [0.717, 1.165) is 9.44 Å². The number of H-pyrrole nitrogens is 1. The van der Waals surface area contributed by atoms with Crippen LogP contribution in [0.4, 0.5) is 0 Å². The normalized spacial score (nSPS) is 11.2. The summed E-state index contributed by atoms with van der Waals surface area (Å²) in [5.41, 5.74) is -0.906. The fraction of sp³-hybridized carbons (Fsp3) is 0.286. The first-order chi connectivity index (χ1) is 10.6. The van der Waals surface area contributed by atoms with Gasteiger partial charge in [-0.15, -0.1) is 11.3 Å². The van der Waals surface area contributed by atoms with Gasteiger partial charge in [0.15, 0.2) is 5.65 Å². The fourth-order valence-electron chi connectivity index (χ4n) is 2.49. The number of nitrogens with one attached hydrogen (secondary N) is 1. The molecule has 3 aromatic heterocycles. The van der Waals surface area contributed by atoms with Crippen LogP contribution in [0.5, 0.6) is 0 Å². The number of aryl methyl sites for hydroxylation is 1. The molecule has 1 N–H and O–H groups in total. The van der Waals surface area contributed by atoms with E-state index in [4.69, 9.17) is 0 Å². The van der Waals surface area contributed by atoms with Crippen LogP contribution in [-0.2, 0) is 13.1 Å². The van der Waals surface area contributed by atoms with Crippen molar-refractivity contribution in [2.24, 2.45) is 0 Å². The highest BCUT2D eigenvalue weighted by Gasteiger charge is 2.18. The van der Waals surface area contributed by atoms with Gasteiger partial charge in [0.05, 0.1) is 10.6 Å². The molecule has 0 atom stereocenters. The van der Waals surface area contributed by atoms with Gasteiger partial charge in [0.25, 0.3) is 5.56 Å². The Hall–Kier alpha value is -2.48. The number of nitrogens with zero attached hydrogens (tertiary/aromatic N) is 3. The number of rotatable bonds is 3. The van der Waals surface area contributed by atoms with Crippen molar-refractivity contribution in [3.63, 3.8) is 0 Å². The maximum absolute atomic E-state index is 12.7. The van der Waals surface area contributed by atoms with Crippen molar-refractivity contribution in [1.82, 2.24) is 19.1 Å². The molecule has 3 aromatic rings. The Bertz CT molecular complexity index is 1010. The lowest BCUT2D eigenvalue weighted by atomic mass is 10.2. The van der Waals surface area contributed by atoms with E-state index in [-0.39, 0.29) is 17.6 Å². The van der Waals surface area contributed by atoms with E-state index >= 15 is 0 Å². The highest BCUT2D eigenvalue weighted by molar-refractivity contribution is 7.13. The lowest BCUT2D eigenvalue weighted by molar-refractivity contribution is 0.604. The molecule has 0 aliphatic rings. The summed E-state index contributed by atoms with van der Waals surface area (Å²) in [6.45, 7) is 4.10. The molecule has 0 fully saturated rings. The van der Waals surface area contributed by atoms with Gasteiger partial charge >= 0.3 is 11.4 Å². The van der Waals surface area contributed by atoms with Crippen molar-refractivity contribution in [2.45, 2.75) is 26.9 Å². The zero-order valence-corrected chi connectivity index (χ0v) is 12.9. The summed E-state index contributed by atoms with van der Waals surface area (Å²) in [5.74, 6) is 0. The van der Waals surface area contributed by atoms with E-state index in [0.29, 0.717) is 12.2 Å². The molecule has 0 aliphatic carbocycles. The Balaban J connectivity index is 2.62. The van der Waals surface area contributed by atoms with Gasteiger partial charge in [-0.2, -0.15) is 4.98 Å². The lowest BCUT2D eigenvalue weighted by Gasteiger charge is -2.12. The van der Waals surface area contributed by atoms with E-state index in [1.807, 2.05) is 17.5 Å². The molecule has 114 valence electrons. The Morgan fingerprint density at radius 2 is 1.91 bits per heavy atom. The van der Waals surface area contributed by atoms with E-state index in [2.05, 4.69) is 9.97 Å². The van der Waals surface area contributed by atoms with E-state index in [9.17, 15) is 14.4 Å². The van der Waals surface area contributed by atoms with Crippen molar-refractivity contribution >= 4 is 22.4 Å². The third kappa shape index (κ3) is 2.03. The van der Waals surface area contributed by atoms with Crippen LogP contribution in [0, 0.1) is 0 Å². The van der Waals surface area contributed by atoms with Gasteiger partial charge in [0.1, 0.15) is 5.39 Å². The number of thiophene rings is 1. The van der Waals surface area contributed by atoms with Crippen LogP contribution in [0.25, 0.3) is 21.6 Å². The lowest BCUT2D eigenvalue weighted by Crippen LogP contribution is -2.40. The predicted octanol–water partition coefficient (Wildman–Crippen LogP) is 1.01. The van der Waals surface area contributed by atoms with E-state index in [1.54, 1.807) is 13.8 Å². The summed E-state index contributed by atoms with van der Waals surface area (Å²) in [4.78, 5) is 44.1. The minimum absolute atomic E-state index is 0.134. The van der Waals surface area contributed by atoms with Gasteiger partial charge < -0.3 is 4.98 Å². The number of hydrogen-bond donors (Lipinski definition) is 1. The maximum atomic E-state index is 12.7. The van der Waals surface area contributed by atoms with Gasteiger partial charge in [0.2, 0.25) is 0 Å². The predicted molar refractivity (Wildman–Crippen MR) is 85.5 cm³/mol. The van der Waals surface area contributed by atoms with Crippen LogP contribution in [0.15, 0.2) is 31.9 Å². The largest absolute Gasteiger partial charge is 0.347 e. The smallest absolute Gasteiger partial charge is 0.304 e. The van der Waals surface area contributed by atoms with Crippen LogP contribution in [0.2, 0.25) is 0 Å². The Labute approximate surface area is 128 Å². The second-order valence-electron chi connectivity index (χ2n) is 4.67. The molecule has 0 aromatic carbocycles. The second-order valence-corrected chi connectivity index (χ2v) is 5.62. The van der Waals surface area contributed by atoms with Crippen molar-refractivity contribution in [1.29, 1.82) is 0 Å². The molecule has 0 amide bonds. The zero-order valence-electron chi connectivity index (χ0n) is 12.1. The molecule has 0 spiro atoms. The van der Waals surface area contributed by atoms with Gasteiger partial charge in [-0.25, -0.2) is 9.59 Å². The minimum Gasteiger partial charge on any atom is -0.304 e. The molecule has 0 saturated heterocycles. The SMILES string of the molecule is CCn1c(=O)c2c(-c3cccs3)[nH]c(=O)nc2n(CC)c1=O. The molecule has 3 rings (SSSR count). The van der Waals surface area contributed by atoms with Crippen molar-refractivity contribution < 1.29 is 0 Å². The van der Waals surface area contributed by atoms with Crippen LogP contribution >= 0.6 is 11.3 Å². The van der Waals surface area contributed by atoms with Crippen LogP contribution in [-0.4, -0.2) is 19.1 Å². The van der Waals surface area contributed by atoms with Gasteiger partial charge in [-0.3, -0.25) is 13.9 Å². The van der Waals surface area contributed by atoms with E-state index < -0.39 is 16.9 Å². The average Bonchev–Trinajstić information content (AvgIpc) is 3.01. The molecule has 22 heavy (non-hydrogen) atoms. The average molecular weight is 318 g/mol. The summed E-state index contributed by atoms with van der Waals surface area (Å²) >= 11 is 1.41. The Morgan fingerprint density at radius 1 is 1.18 bits per heavy atom. The zero-order chi connectivity index (χ0) is 15.9. The highest BCUT2D eigenvalue weighted by Crippen LogP contribution is 2.25. The van der Waals surface area contributed by atoms with Crippen LogP contribution < -0.4 is 16.9 Å². The van der Waals surface area contributed by atoms with Gasteiger partial charge in [0, 0.05) is 13.1 Å². The Morgan fingerprint density at radius 3 is 2.50 bits per heavy atom. The molecular formula is C14H14N4O3S. The number of fused-ring (bicyclic) bond motifs is 1. The first-order valence-corrected chi connectivity index (χ1v) is 7.78. The number of hydrogen-bond acceptors (Lipinski definition) is 5. The highest BCUT2D eigenvalue weighted by atomic mass is 32.1. The summed E-state index contributed by atoms with van der Waals surface area (Å²) in [7, 11) is 0. The van der Waals surface area contributed by atoms with E-state index in [1.165, 1.54) is 15.9 Å². The van der Waals surface area contributed by atoms with Crippen molar-refractivity contribution in [2.75, 3.05) is 0 Å². The third-order valence-corrected chi connectivity index (χ3v) is 4.38. The topological polar surface area (TPSA) is 89.8 Å². The molecule has 7 nitrogen and oxygen atoms in total.